The summed E-state index contributed by atoms with van der Waals surface area (Å²) in [5, 5.41) is 15.3. The van der Waals surface area contributed by atoms with Gasteiger partial charge >= 0.3 is 0 Å². The molecule has 0 aliphatic heterocycles. The molecule has 0 fully saturated rings. The van der Waals surface area contributed by atoms with Gasteiger partial charge in [0.05, 0.1) is 22.2 Å². The SMILES string of the molecule is OCc1c(-c2c(Cl)cccc2Cl)noc1-c1ccc(Cl)cc1. The standard InChI is InChI=1S/C16H10Cl3NO2/c17-10-6-4-9(5-7-10)16-11(8-21)15(20-22-16)14-12(18)2-1-3-13(14)19/h1-7,21H,8H2. The Labute approximate surface area is 142 Å². The minimum absolute atomic E-state index is 0.252. The summed E-state index contributed by atoms with van der Waals surface area (Å²) < 4.78 is 5.41. The quantitative estimate of drug-likeness (QED) is 0.679. The molecule has 6 heteroatoms. The van der Waals surface area contributed by atoms with Gasteiger partial charge in [0, 0.05) is 16.1 Å². The molecule has 0 spiro atoms. The Morgan fingerprint density at radius 2 is 1.59 bits per heavy atom. The number of aromatic nitrogens is 1. The van der Waals surface area contributed by atoms with Crippen LogP contribution in [0, 0.1) is 0 Å². The van der Waals surface area contributed by atoms with Gasteiger partial charge in [-0.15, -0.1) is 0 Å². The normalized spacial score (nSPS) is 10.9. The van der Waals surface area contributed by atoms with Crippen molar-refractivity contribution < 1.29 is 9.63 Å². The van der Waals surface area contributed by atoms with Crippen molar-refractivity contribution in [3.63, 3.8) is 0 Å². The Balaban J connectivity index is 2.18. The number of aliphatic hydroxyl groups is 1. The lowest BCUT2D eigenvalue weighted by molar-refractivity contribution is 0.281. The van der Waals surface area contributed by atoms with E-state index in [1.807, 2.05) is 0 Å². The molecule has 2 aromatic carbocycles. The van der Waals surface area contributed by atoms with Crippen LogP contribution in [-0.2, 0) is 6.61 Å². The fourth-order valence-corrected chi connectivity index (χ4v) is 2.91. The van der Waals surface area contributed by atoms with Crippen molar-refractivity contribution in [2.24, 2.45) is 0 Å². The van der Waals surface area contributed by atoms with Crippen molar-refractivity contribution in [1.29, 1.82) is 0 Å². The predicted molar refractivity (Wildman–Crippen MR) is 88.3 cm³/mol. The molecule has 0 atom stereocenters. The molecule has 3 nitrogen and oxygen atoms in total. The van der Waals surface area contributed by atoms with Gasteiger partial charge in [0.2, 0.25) is 0 Å². The van der Waals surface area contributed by atoms with Gasteiger partial charge in [-0.3, -0.25) is 0 Å². The number of aliphatic hydroxyl groups excluding tert-OH is 1. The zero-order chi connectivity index (χ0) is 15.7. The highest BCUT2D eigenvalue weighted by Crippen LogP contribution is 2.39. The maximum atomic E-state index is 9.73. The highest BCUT2D eigenvalue weighted by atomic mass is 35.5. The number of nitrogens with zero attached hydrogens (tertiary/aromatic N) is 1. The zero-order valence-corrected chi connectivity index (χ0v) is 13.5. The molecule has 0 bridgehead atoms. The second-order valence-electron chi connectivity index (χ2n) is 4.60. The molecule has 1 heterocycles. The van der Waals surface area contributed by atoms with E-state index in [4.69, 9.17) is 39.3 Å². The molecular formula is C16H10Cl3NO2. The Kier molecular flexibility index (Phi) is 4.41. The van der Waals surface area contributed by atoms with E-state index in [1.165, 1.54) is 0 Å². The van der Waals surface area contributed by atoms with Gasteiger partial charge in [-0.1, -0.05) is 46.0 Å². The average Bonchev–Trinajstić information content (AvgIpc) is 2.91. The highest BCUT2D eigenvalue weighted by Gasteiger charge is 2.21. The second-order valence-corrected chi connectivity index (χ2v) is 5.85. The molecule has 0 aliphatic rings. The fraction of sp³-hybridized carbons (Fsp3) is 0.0625. The summed E-state index contributed by atoms with van der Waals surface area (Å²) in [7, 11) is 0. The lowest BCUT2D eigenvalue weighted by atomic mass is 10.0. The van der Waals surface area contributed by atoms with Gasteiger partial charge in [0.25, 0.3) is 0 Å². The zero-order valence-electron chi connectivity index (χ0n) is 11.2. The first-order chi connectivity index (χ1) is 10.6. The molecule has 3 rings (SSSR count). The first-order valence-electron chi connectivity index (χ1n) is 6.41. The summed E-state index contributed by atoms with van der Waals surface area (Å²) in [6.45, 7) is -0.252. The lowest BCUT2D eigenvalue weighted by Crippen LogP contribution is -1.90. The summed E-state index contributed by atoms with van der Waals surface area (Å²) in [4.78, 5) is 0. The summed E-state index contributed by atoms with van der Waals surface area (Å²) >= 11 is 18.3. The van der Waals surface area contributed by atoms with Crippen LogP contribution >= 0.6 is 34.8 Å². The summed E-state index contributed by atoms with van der Waals surface area (Å²) in [6, 6.07) is 12.2. The molecule has 22 heavy (non-hydrogen) atoms. The predicted octanol–water partition coefficient (Wildman–Crippen LogP) is 5.46. The van der Waals surface area contributed by atoms with Crippen molar-refractivity contribution >= 4 is 34.8 Å². The van der Waals surface area contributed by atoms with Crippen LogP contribution in [0.5, 0.6) is 0 Å². The van der Waals surface area contributed by atoms with Crippen LogP contribution in [0.1, 0.15) is 5.56 Å². The first-order valence-corrected chi connectivity index (χ1v) is 7.55. The number of hydrogen-bond donors (Lipinski definition) is 1. The maximum Gasteiger partial charge on any atom is 0.173 e. The third-order valence-corrected chi connectivity index (χ3v) is 4.13. The molecule has 0 aliphatic carbocycles. The van der Waals surface area contributed by atoms with Gasteiger partial charge < -0.3 is 9.63 Å². The molecule has 0 radical (unpaired) electrons. The van der Waals surface area contributed by atoms with Crippen molar-refractivity contribution in [2.45, 2.75) is 6.61 Å². The van der Waals surface area contributed by atoms with Gasteiger partial charge in [-0.25, -0.2) is 0 Å². The van der Waals surface area contributed by atoms with E-state index in [0.717, 1.165) is 5.56 Å². The third-order valence-electron chi connectivity index (χ3n) is 3.25. The molecule has 0 saturated heterocycles. The van der Waals surface area contributed by atoms with E-state index in [9.17, 15) is 5.11 Å². The van der Waals surface area contributed by atoms with E-state index in [0.29, 0.717) is 37.6 Å². The van der Waals surface area contributed by atoms with E-state index in [2.05, 4.69) is 5.16 Å². The van der Waals surface area contributed by atoms with Crippen LogP contribution in [0.4, 0.5) is 0 Å². The summed E-state index contributed by atoms with van der Waals surface area (Å²) in [5.74, 6) is 0.463. The van der Waals surface area contributed by atoms with Crippen LogP contribution in [0.25, 0.3) is 22.6 Å². The minimum atomic E-state index is -0.252. The number of rotatable bonds is 3. The number of hydrogen-bond acceptors (Lipinski definition) is 3. The van der Waals surface area contributed by atoms with Crippen LogP contribution < -0.4 is 0 Å². The Morgan fingerprint density at radius 3 is 2.18 bits per heavy atom. The van der Waals surface area contributed by atoms with Crippen molar-refractivity contribution in [3.05, 3.63) is 63.1 Å². The van der Waals surface area contributed by atoms with Gasteiger partial charge in [0.1, 0.15) is 5.69 Å². The van der Waals surface area contributed by atoms with Crippen molar-refractivity contribution in [3.8, 4) is 22.6 Å². The molecule has 1 aromatic heterocycles. The fourth-order valence-electron chi connectivity index (χ4n) is 2.20. The monoisotopic (exact) mass is 353 g/mol. The summed E-state index contributed by atoms with van der Waals surface area (Å²) in [6.07, 6.45) is 0. The van der Waals surface area contributed by atoms with Crippen LogP contribution in [0.2, 0.25) is 15.1 Å². The molecule has 3 aromatic rings. The van der Waals surface area contributed by atoms with Gasteiger partial charge in [0.15, 0.2) is 5.76 Å². The second kappa shape index (κ2) is 6.31. The van der Waals surface area contributed by atoms with E-state index in [-0.39, 0.29) is 6.61 Å². The molecular weight excluding hydrogens is 345 g/mol. The van der Waals surface area contributed by atoms with Gasteiger partial charge in [-0.05, 0) is 36.4 Å². The van der Waals surface area contributed by atoms with E-state index in [1.54, 1.807) is 42.5 Å². The lowest BCUT2D eigenvalue weighted by Gasteiger charge is -2.05. The van der Waals surface area contributed by atoms with Crippen molar-refractivity contribution in [1.82, 2.24) is 5.16 Å². The smallest absolute Gasteiger partial charge is 0.173 e. The molecule has 0 saturated carbocycles. The first kappa shape index (κ1) is 15.4. The van der Waals surface area contributed by atoms with Crippen LogP contribution in [0.15, 0.2) is 47.0 Å². The maximum absolute atomic E-state index is 9.73. The Bertz CT molecular complexity index is 793. The number of halogens is 3. The van der Waals surface area contributed by atoms with E-state index >= 15 is 0 Å². The molecule has 0 unspecified atom stereocenters. The minimum Gasteiger partial charge on any atom is -0.391 e. The largest absolute Gasteiger partial charge is 0.391 e. The third kappa shape index (κ3) is 2.73. The summed E-state index contributed by atoms with van der Waals surface area (Å²) in [5.41, 5.74) is 2.26. The Hall–Kier alpha value is -1.52. The van der Waals surface area contributed by atoms with Gasteiger partial charge in [-0.2, -0.15) is 0 Å². The average molecular weight is 355 g/mol. The van der Waals surface area contributed by atoms with Crippen molar-refractivity contribution in [2.75, 3.05) is 0 Å². The molecule has 0 amide bonds. The van der Waals surface area contributed by atoms with Crippen LogP contribution in [-0.4, -0.2) is 10.3 Å². The molecule has 112 valence electrons. The van der Waals surface area contributed by atoms with Crippen LogP contribution in [0.3, 0.4) is 0 Å². The highest BCUT2D eigenvalue weighted by molar-refractivity contribution is 6.39. The molecule has 1 N–H and O–H groups in total. The number of benzene rings is 2. The van der Waals surface area contributed by atoms with E-state index < -0.39 is 0 Å². The Morgan fingerprint density at radius 1 is 0.955 bits per heavy atom. The topological polar surface area (TPSA) is 46.3 Å².